The molecule has 1 N–H and O–H groups in total. The molecule has 16 heavy (non-hydrogen) atoms. The van der Waals surface area contributed by atoms with Crippen LogP contribution in [0, 0.1) is 0 Å². The minimum absolute atomic E-state index is 0.489. The molecule has 0 amide bonds. The van der Waals surface area contributed by atoms with Crippen LogP contribution in [0.15, 0.2) is 28.7 Å². The molecule has 88 valence electrons. The van der Waals surface area contributed by atoms with E-state index in [-0.39, 0.29) is 0 Å². The molecule has 0 aromatic heterocycles. The maximum absolute atomic E-state index is 3.66. The normalized spacial score (nSPS) is 31.1. The second-order valence-electron chi connectivity index (χ2n) is 4.42. The van der Waals surface area contributed by atoms with Gasteiger partial charge in [0.05, 0.1) is 0 Å². The maximum Gasteiger partial charge on any atom is 0.0438 e. The van der Waals surface area contributed by atoms with E-state index in [4.69, 9.17) is 0 Å². The van der Waals surface area contributed by atoms with Crippen molar-refractivity contribution in [2.24, 2.45) is 0 Å². The molecule has 0 radical (unpaired) electrons. The van der Waals surface area contributed by atoms with E-state index in [2.05, 4.69) is 71.1 Å². The Balaban J connectivity index is 2.15. The van der Waals surface area contributed by atoms with Crippen molar-refractivity contribution in [2.75, 3.05) is 6.54 Å². The first-order valence-corrected chi connectivity index (χ1v) is 7.54. The van der Waals surface area contributed by atoms with Gasteiger partial charge in [-0.2, -0.15) is 11.8 Å². The van der Waals surface area contributed by atoms with E-state index in [1.807, 2.05) is 0 Å². The van der Waals surface area contributed by atoms with E-state index < -0.39 is 0 Å². The molecule has 0 bridgehead atoms. The Morgan fingerprint density at radius 3 is 2.62 bits per heavy atom. The third kappa shape index (κ3) is 3.02. The second kappa shape index (κ2) is 5.56. The molecule has 3 atom stereocenters. The summed E-state index contributed by atoms with van der Waals surface area (Å²) in [6.07, 6.45) is 1.27. The van der Waals surface area contributed by atoms with Crippen LogP contribution in [0.3, 0.4) is 0 Å². The average molecular weight is 300 g/mol. The zero-order chi connectivity index (χ0) is 11.5. The molecule has 1 fully saturated rings. The van der Waals surface area contributed by atoms with Crippen LogP contribution in [0.5, 0.6) is 0 Å². The van der Waals surface area contributed by atoms with Crippen LogP contribution in [-0.4, -0.2) is 17.0 Å². The molecule has 3 unspecified atom stereocenters. The zero-order valence-electron chi connectivity index (χ0n) is 9.74. The Labute approximate surface area is 111 Å². The highest BCUT2D eigenvalue weighted by Gasteiger charge is 2.24. The first-order chi connectivity index (χ1) is 7.66. The van der Waals surface area contributed by atoms with E-state index in [1.54, 1.807) is 0 Å². The SMILES string of the molecule is CC1CCNC(c2ccc(Br)cc2)C(C)S1. The smallest absolute Gasteiger partial charge is 0.0438 e. The first-order valence-electron chi connectivity index (χ1n) is 5.81. The Kier molecular flexibility index (Phi) is 4.34. The lowest BCUT2D eigenvalue weighted by molar-refractivity contribution is 0.535. The van der Waals surface area contributed by atoms with Gasteiger partial charge in [0.25, 0.3) is 0 Å². The van der Waals surface area contributed by atoms with Gasteiger partial charge in [-0.25, -0.2) is 0 Å². The van der Waals surface area contributed by atoms with Crippen molar-refractivity contribution in [3.8, 4) is 0 Å². The van der Waals surface area contributed by atoms with Gasteiger partial charge in [-0.15, -0.1) is 0 Å². The fourth-order valence-electron chi connectivity index (χ4n) is 2.18. The summed E-state index contributed by atoms with van der Waals surface area (Å²) in [5, 5.41) is 5.07. The minimum atomic E-state index is 0.489. The summed E-state index contributed by atoms with van der Waals surface area (Å²) in [6.45, 7) is 5.78. The van der Waals surface area contributed by atoms with Crippen molar-refractivity contribution in [1.29, 1.82) is 0 Å². The van der Waals surface area contributed by atoms with Crippen LogP contribution >= 0.6 is 27.7 Å². The third-order valence-electron chi connectivity index (χ3n) is 3.06. The summed E-state index contributed by atoms with van der Waals surface area (Å²) in [7, 11) is 0. The van der Waals surface area contributed by atoms with Gasteiger partial charge in [-0.3, -0.25) is 0 Å². The molecule has 1 saturated heterocycles. The van der Waals surface area contributed by atoms with E-state index in [0.717, 1.165) is 16.3 Å². The Morgan fingerprint density at radius 2 is 1.94 bits per heavy atom. The summed E-state index contributed by atoms with van der Waals surface area (Å²) < 4.78 is 1.15. The van der Waals surface area contributed by atoms with E-state index >= 15 is 0 Å². The fraction of sp³-hybridized carbons (Fsp3) is 0.538. The van der Waals surface area contributed by atoms with Gasteiger partial charge in [-0.1, -0.05) is 41.9 Å². The number of hydrogen-bond donors (Lipinski definition) is 1. The summed E-state index contributed by atoms with van der Waals surface area (Å²) in [4.78, 5) is 0. The number of rotatable bonds is 1. The number of halogens is 1. The van der Waals surface area contributed by atoms with Gasteiger partial charge in [0.15, 0.2) is 0 Å². The van der Waals surface area contributed by atoms with Crippen LogP contribution in [-0.2, 0) is 0 Å². The number of nitrogens with one attached hydrogen (secondary N) is 1. The molecular weight excluding hydrogens is 282 g/mol. The van der Waals surface area contributed by atoms with E-state index in [1.165, 1.54) is 12.0 Å². The van der Waals surface area contributed by atoms with Gasteiger partial charge in [0, 0.05) is 21.0 Å². The van der Waals surface area contributed by atoms with Crippen LogP contribution < -0.4 is 5.32 Å². The molecule has 1 aromatic rings. The molecule has 1 aliphatic heterocycles. The van der Waals surface area contributed by atoms with Crippen LogP contribution in [0.4, 0.5) is 0 Å². The lowest BCUT2D eigenvalue weighted by Gasteiger charge is -2.23. The van der Waals surface area contributed by atoms with Gasteiger partial charge in [0.1, 0.15) is 0 Å². The summed E-state index contributed by atoms with van der Waals surface area (Å²) in [5.41, 5.74) is 1.40. The predicted octanol–water partition coefficient (Wildman–Crippen LogP) is 3.99. The molecule has 0 spiro atoms. The highest BCUT2D eigenvalue weighted by Crippen LogP contribution is 2.33. The Morgan fingerprint density at radius 1 is 1.25 bits per heavy atom. The molecule has 1 heterocycles. The fourth-order valence-corrected chi connectivity index (χ4v) is 3.84. The van der Waals surface area contributed by atoms with Crippen molar-refractivity contribution < 1.29 is 0 Å². The molecule has 0 aliphatic carbocycles. The van der Waals surface area contributed by atoms with Crippen molar-refractivity contribution in [1.82, 2.24) is 5.32 Å². The van der Waals surface area contributed by atoms with Gasteiger partial charge < -0.3 is 5.32 Å². The number of benzene rings is 1. The zero-order valence-corrected chi connectivity index (χ0v) is 12.1. The van der Waals surface area contributed by atoms with Crippen LogP contribution in [0.1, 0.15) is 31.9 Å². The molecule has 3 heteroatoms. The average Bonchev–Trinajstić information content (AvgIpc) is 2.41. The lowest BCUT2D eigenvalue weighted by Crippen LogP contribution is -2.27. The first kappa shape index (κ1) is 12.5. The minimum Gasteiger partial charge on any atom is -0.309 e. The molecule has 1 aromatic carbocycles. The van der Waals surface area contributed by atoms with Crippen LogP contribution in [0.2, 0.25) is 0 Å². The Bertz CT molecular complexity index is 338. The largest absolute Gasteiger partial charge is 0.309 e. The van der Waals surface area contributed by atoms with Gasteiger partial charge in [-0.05, 0) is 30.7 Å². The maximum atomic E-state index is 3.66. The summed E-state index contributed by atoms with van der Waals surface area (Å²) in [6, 6.07) is 9.18. The van der Waals surface area contributed by atoms with E-state index in [9.17, 15) is 0 Å². The van der Waals surface area contributed by atoms with Crippen LogP contribution in [0.25, 0.3) is 0 Å². The lowest BCUT2D eigenvalue weighted by atomic mass is 10.0. The van der Waals surface area contributed by atoms with Crippen molar-refractivity contribution >= 4 is 27.7 Å². The van der Waals surface area contributed by atoms with Crippen molar-refractivity contribution in [2.45, 2.75) is 36.8 Å². The highest BCUT2D eigenvalue weighted by atomic mass is 79.9. The van der Waals surface area contributed by atoms with Crippen molar-refractivity contribution in [3.05, 3.63) is 34.3 Å². The second-order valence-corrected chi connectivity index (χ2v) is 7.16. The molecule has 2 rings (SSSR count). The summed E-state index contributed by atoms with van der Waals surface area (Å²) in [5.74, 6) is 0. The third-order valence-corrected chi connectivity index (χ3v) is 4.99. The molecule has 0 saturated carbocycles. The standard InChI is InChI=1S/C13H18BrNS/c1-9-7-8-15-13(10(2)16-9)11-3-5-12(14)6-4-11/h3-6,9-10,13,15H,7-8H2,1-2H3. The molecule has 1 nitrogen and oxygen atoms in total. The number of hydrogen-bond acceptors (Lipinski definition) is 2. The van der Waals surface area contributed by atoms with Crippen molar-refractivity contribution in [3.63, 3.8) is 0 Å². The molecular formula is C13H18BrNS. The highest BCUT2D eigenvalue weighted by molar-refractivity contribution is 9.10. The topological polar surface area (TPSA) is 12.0 Å². The van der Waals surface area contributed by atoms with E-state index in [0.29, 0.717) is 11.3 Å². The quantitative estimate of drug-likeness (QED) is 0.841. The summed E-state index contributed by atoms with van der Waals surface area (Å²) >= 11 is 5.58. The van der Waals surface area contributed by atoms with Gasteiger partial charge in [0.2, 0.25) is 0 Å². The predicted molar refractivity (Wildman–Crippen MR) is 76.0 cm³/mol. The van der Waals surface area contributed by atoms with Gasteiger partial charge >= 0.3 is 0 Å². The number of thioether (sulfide) groups is 1. The Hall–Kier alpha value is 0.01000. The monoisotopic (exact) mass is 299 g/mol. The molecule has 1 aliphatic rings.